The van der Waals surface area contributed by atoms with Crippen LogP contribution in [0.5, 0.6) is 0 Å². The molecule has 6 heteroatoms. The van der Waals surface area contributed by atoms with Gasteiger partial charge in [0.25, 0.3) is 5.56 Å². The van der Waals surface area contributed by atoms with Gasteiger partial charge in [-0.05, 0) is 33.7 Å². The highest BCUT2D eigenvalue weighted by Gasteiger charge is 2.03. The van der Waals surface area contributed by atoms with Crippen LogP contribution in [-0.2, 0) is 17.8 Å². The first-order valence-corrected chi connectivity index (χ1v) is 7.19. The normalized spacial score (nSPS) is 11.2. The number of nitrogens with zero attached hydrogens (tertiary/aromatic N) is 2. The summed E-state index contributed by atoms with van der Waals surface area (Å²) in [5.74, 6) is 0. The van der Waals surface area contributed by atoms with Crippen LogP contribution in [0.2, 0.25) is 0 Å². The molecule has 0 unspecified atom stereocenters. The molecule has 0 radical (unpaired) electrons. The number of ether oxygens (including phenoxy) is 1. The van der Waals surface area contributed by atoms with Gasteiger partial charge in [0.2, 0.25) is 0 Å². The molecule has 1 heterocycles. The van der Waals surface area contributed by atoms with Gasteiger partial charge >= 0.3 is 5.69 Å². The molecule has 1 aromatic rings. The highest BCUT2D eigenvalue weighted by atomic mass is 16.5. The molecule has 0 saturated heterocycles. The second-order valence-corrected chi connectivity index (χ2v) is 4.90. The van der Waals surface area contributed by atoms with Crippen molar-refractivity contribution in [2.24, 2.45) is 0 Å². The van der Waals surface area contributed by atoms with Gasteiger partial charge in [-0.3, -0.25) is 9.36 Å². The van der Waals surface area contributed by atoms with Gasteiger partial charge in [0, 0.05) is 38.5 Å². The fourth-order valence-corrected chi connectivity index (χ4v) is 1.84. The summed E-state index contributed by atoms with van der Waals surface area (Å²) >= 11 is 0. The van der Waals surface area contributed by atoms with Crippen molar-refractivity contribution in [1.29, 1.82) is 0 Å². The summed E-state index contributed by atoms with van der Waals surface area (Å²) in [6.07, 6.45) is 2.71. The maximum atomic E-state index is 11.9. The Bertz CT molecular complexity index is 505. The van der Waals surface area contributed by atoms with Crippen molar-refractivity contribution in [2.45, 2.75) is 46.4 Å². The molecular formula is C14H25N3O3. The van der Waals surface area contributed by atoms with Crippen molar-refractivity contribution in [3.63, 3.8) is 0 Å². The maximum absolute atomic E-state index is 11.9. The highest BCUT2D eigenvalue weighted by Crippen LogP contribution is 1.89. The molecule has 0 amide bonds. The average molecular weight is 283 g/mol. The summed E-state index contributed by atoms with van der Waals surface area (Å²) in [5.41, 5.74) is -0.491. The first-order valence-electron chi connectivity index (χ1n) is 7.19. The third-order valence-corrected chi connectivity index (χ3v) is 2.94. The first kappa shape index (κ1) is 16.7. The molecule has 1 N–H and O–H groups in total. The van der Waals surface area contributed by atoms with E-state index >= 15 is 0 Å². The highest BCUT2D eigenvalue weighted by molar-refractivity contribution is 4.86. The van der Waals surface area contributed by atoms with E-state index < -0.39 is 0 Å². The molecule has 0 bridgehead atoms. The first-order chi connectivity index (χ1) is 9.56. The molecular weight excluding hydrogens is 258 g/mol. The Morgan fingerprint density at radius 3 is 2.70 bits per heavy atom. The lowest BCUT2D eigenvalue weighted by Gasteiger charge is -2.10. The number of aryl methyl sites for hydroxylation is 1. The van der Waals surface area contributed by atoms with Crippen molar-refractivity contribution < 1.29 is 4.74 Å². The van der Waals surface area contributed by atoms with E-state index in [4.69, 9.17) is 4.74 Å². The van der Waals surface area contributed by atoms with Crippen molar-refractivity contribution in [3.8, 4) is 0 Å². The van der Waals surface area contributed by atoms with Gasteiger partial charge in [0.15, 0.2) is 0 Å². The minimum absolute atomic E-state index is 0.245. The van der Waals surface area contributed by atoms with Crippen molar-refractivity contribution in [1.82, 2.24) is 14.5 Å². The van der Waals surface area contributed by atoms with Crippen LogP contribution in [0.15, 0.2) is 21.9 Å². The van der Waals surface area contributed by atoms with Gasteiger partial charge in [-0.1, -0.05) is 0 Å². The molecule has 114 valence electrons. The Labute approximate surface area is 119 Å². The average Bonchev–Trinajstić information content (AvgIpc) is 2.40. The van der Waals surface area contributed by atoms with E-state index in [1.54, 1.807) is 0 Å². The number of hydrogen-bond donors (Lipinski definition) is 1. The summed E-state index contributed by atoms with van der Waals surface area (Å²) in [6.45, 7) is 8.99. The molecule has 0 spiro atoms. The topological polar surface area (TPSA) is 65.3 Å². The summed E-state index contributed by atoms with van der Waals surface area (Å²) in [5, 5.41) is 3.21. The quantitative estimate of drug-likeness (QED) is 0.668. The van der Waals surface area contributed by atoms with Crippen molar-refractivity contribution in [3.05, 3.63) is 33.1 Å². The number of rotatable bonds is 9. The minimum atomic E-state index is -0.246. The van der Waals surface area contributed by atoms with Gasteiger partial charge in [-0.25, -0.2) is 4.79 Å². The third kappa shape index (κ3) is 5.30. The fraction of sp³-hybridized carbons (Fsp3) is 0.714. The number of nitrogens with one attached hydrogen (secondary N) is 1. The largest absolute Gasteiger partial charge is 0.379 e. The van der Waals surface area contributed by atoms with E-state index in [1.165, 1.54) is 21.4 Å². The molecule has 0 atom stereocenters. The smallest absolute Gasteiger partial charge is 0.330 e. The molecule has 0 aliphatic carbocycles. The lowest BCUT2D eigenvalue weighted by atomic mass is 10.4. The van der Waals surface area contributed by atoms with Gasteiger partial charge in [0.1, 0.15) is 0 Å². The Kier molecular flexibility index (Phi) is 7.25. The van der Waals surface area contributed by atoms with Crippen LogP contribution in [0.4, 0.5) is 0 Å². The third-order valence-electron chi connectivity index (χ3n) is 2.94. The van der Waals surface area contributed by atoms with Crippen molar-refractivity contribution >= 4 is 0 Å². The second-order valence-electron chi connectivity index (χ2n) is 4.90. The van der Waals surface area contributed by atoms with Crippen LogP contribution in [0.25, 0.3) is 0 Å². The zero-order chi connectivity index (χ0) is 15.0. The van der Waals surface area contributed by atoms with Crippen LogP contribution >= 0.6 is 0 Å². The summed E-state index contributed by atoms with van der Waals surface area (Å²) in [6, 6.07) is 1.43. The zero-order valence-electron chi connectivity index (χ0n) is 12.6. The molecule has 6 nitrogen and oxygen atoms in total. The number of hydrogen-bond acceptors (Lipinski definition) is 4. The molecule has 1 rings (SSSR count). The van der Waals surface area contributed by atoms with E-state index in [2.05, 4.69) is 5.32 Å². The molecule has 0 aliphatic rings. The fourth-order valence-electron chi connectivity index (χ4n) is 1.84. The van der Waals surface area contributed by atoms with Crippen LogP contribution in [0, 0.1) is 0 Å². The molecule has 0 aliphatic heterocycles. The summed E-state index contributed by atoms with van der Waals surface area (Å²) < 4.78 is 8.22. The van der Waals surface area contributed by atoms with Crippen molar-refractivity contribution in [2.75, 3.05) is 19.7 Å². The van der Waals surface area contributed by atoms with Crippen LogP contribution in [-0.4, -0.2) is 34.9 Å². The Morgan fingerprint density at radius 2 is 2.05 bits per heavy atom. The lowest BCUT2D eigenvalue weighted by molar-refractivity contribution is 0.0771. The SMILES string of the molecule is CCn1ccc(=O)n(CCNCCCOC(C)C)c1=O. The van der Waals surface area contributed by atoms with Crippen LogP contribution < -0.4 is 16.6 Å². The van der Waals surface area contributed by atoms with Crippen LogP contribution in [0.1, 0.15) is 27.2 Å². The predicted octanol–water partition coefficient (Wildman–Crippen LogP) is 0.435. The molecule has 1 aromatic heterocycles. The van der Waals surface area contributed by atoms with E-state index in [1.807, 2.05) is 20.8 Å². The second kappa shape index (κ2) is 8.71. The zero-order valence-corrected chi connectivity index (χ0v) is 12.6. The maximum Gasteiger partial charge on any atom is 0.330 e. The molecule has 0 aromatic carbocycles. The molecule has 20 heavy (non-hydrogen) atoms. The summed E-state index contributed by atoms with van der Waals surface area (Å²) in [7, 11) is 0. The van der Waals surface area contributed by atoms with Gasteiger partial charge in [0.05, 0.1) is 6.10 Å². The monoisotopic (exact) mass is 283 g/mol. The van der Waals surface area contributed by atoms with Crippen LogP contribution in [0.3, 0.4) is 0 Å². The minimum Gasteiger partial charge on any atom is -0.379 e. The van der Waals surface area contributed by atoms with E-state index in [0.717, 1.165) is 19.6 Å². The number of aromatic nitrogens is 2. The van der Waals surface area contributed by atoms with Gasteiger partial charge in [-0.2, -0.15) is 0 Å². The Balaban J connectivity index is 2.36. The molecule has 0 saturated carbocycles. The van der Waals surface area contributed by atoms with E-state index in [-0.39, 0.29) is 17.4 Å². The summed E-state index contributed by atoms with van der Waals surface area (Å²) in [4.78, 5) is 23.6. The molecule has 0 fully saturated rings. The van der Waals surface area contributed by atoms with Gasteiger partial charge in [-0.15, -0.1) is 0 Å². The van der Waals surface area contributed by atoms with E-state index in [9.17, 15) is 9.59 Å². The van der Waals surface area contributed by atoms with E-state index in [0.29, 0.717) is 19.6 Å². The Morgan fingerprint density at radius 1 is 1.30 bits per heavy atom. The standard InChI is InChI=1S/C14H25N3O3/c1-4-16-9-6-13(18)17(14(16)19)10-8-15-7-5-11-20-12(2)3/h6,9,12,15H,4-5,7-8,10-11H2,1-3H3. The Hall–Kier alpha value is -1.40. The van der Waals surface area contributed by atoms with Gasteiger partial charge < -0.3 is 14.6 Å². The predicted molar refractivity (Wildman–Crippen MR) is 79.2 cm³/mol. The lowest BCUT2D eigenvalue weighted by Crippen LogP contribution is -2.41.